The van der Waals surface area contributed by atoms with Crippen LogP contribution >= 0.6 is 0 Å². The minimum atomic E-state index is -0.301. The van der Waals surface area contributed by atoms with Crippen LogP contribution in [0, 0.1) is 6.92 Å². The van der Waals surface area contributed by atoms with Gasteiger partial charge in [0.05, 0.1) is 24.2 Å². The van der Waals surface area contributed by atoms with Crippen LogP contribution < -0.4 is 26.0 Å². The molecule has 1 fully saturated rings. The first-order valence-electron chi connectivity index (χ1n) is 10.9. The number of hydrogen-bond donors (Lipinski definition) is 4. The molecular formula is C23H29N7O2. The number of aromatic nitrogens is 3. The van der Waals surface area contributed by atoms with Gasteiger partial charge in [-0.3, -0.25) is 4.79 Å². The van der Waals surface area contributed by atoms with Gasteiger partial charge in [0.15, 0.2) is 5.65 Å². The number of amides is 1. The van der Waals surface area contributed by atoms with E-state index in [2.05, 4.69) is 32.9 Å². The van der Waals surface area contributed by atoms with Gasteiger partial charge in [0.1, 0.15) is 17.4 Å². The highest BCUT2D eigenvalue weighted by molar-refractivity contribution is 6.01. The van der Waals surface area contributed by atoms with Crippen molar-refractivity contribution in [2.45, 2.75) is 32.7 Å². The summed E-state index contributed by atoms with van der Waals surface area (Å²) in [6.45, 7) is 9.96. The fourth-order valence-electron chi connectivity index (χ4n) is 3.78. The molecule has 0 aliphatic carbocycles. The molecule has 1 aliphatic heterocycles. The summed E-state index contributed by atoms with van der Waals surface area (Å²) in [6, 6.07) is 7.71. The lowest BCUT2D eigenvalue weighted by molar-refractivity contribution is -0.111. The van der Waals surface area contributed by atoms with Crippen LogP contribution in [0.25, 0.3) is 5.65 Å². The molecule has 3 heterocycles. The number of ether oxygens (including phenoxy) is 1. The minimum absolute atomic E-state index is 0.301. The first kappa shape index (κ1) is 21.6. The number of rotatable bonds is 8. The van der Waals surface area contributed by atoms with Crippen LogP contribution in [0.15, 0.2) is 43.1 Å². The molecule has 1 saturated heterocycles. The number of piperidine rings is 1. The summed E-state index contributed by atoms with van der Waals surface area (Å²) < 4.78 is 7.36. The van der Waals surface area contributed by atoms with Crippen LogP contribution in [-0.2, 0) is 4.79 Å². The molecule has 0 bridgehead atoms. The summed E-state index contributed by atoms with van der Waals surface area (Å²) in [5, 5.41) is 17.7. The number of carbonyl (C=O) groups excluding carboxylic acids is 1. The van der Waals surface area contributed by atoms with Crippen LogP contribution in [0.4, 0.5) is 23.0 Å². The second-order valence-electron chi connectivity index (χ2n) is 7.68. The predicted octanol–water partition coefficient (Wildman–Crippen LogP) is 3.47. The first-order valence-corrected chi connectivity index (χ1v) is 10.9. The van der Waals surface area contributed by atoms with E-state index in [9.17, 15) is 4.79 Å². The van der Waals surface area contributed by atoms with Crippen molar-refractivity contribution < 1.29 is 9.53 Å². The van der Waals surface area contributed by atoms with Crippen molar-refractivity contribution in [2.75, 3.05) is 35.6 Å². The summed E-state index contributed by atoms with van der Waals surface area (Å²) in [6.07, 6.45) is 5.19. The van der Waals surface area contributed by atoms with Gasteiger partial charge in [0.2, 0.25) is 5.91 Å². The van der Waals surface area contributed by atoms with Gasteiger partial charge in [-0.25, -0.2) is 4.98 Å². The molecule has 3 aromatic rings. The molecule has 1 amide bonds. The quantitative estimate of drug-likeness (QED) is 0.402. The molecule has 4 N–H and O–H groups in total. The average molecular weight is 436 g/mol. The van der Waals surface area contributed by atoms with Crippen LogP contribution in [0.3, 0.4) is 0 Å². The Kier molecular flexibility index (Phi) is 6.55. The van der Waals surface area contributed by atoms with Gasteiger partial charge in [-0.15, -0.1) is 0 Å². The fraction of sp³-hybridized carbons (Fsp3) is 0.348. The normalized spacial score (nSPS) is 15.9. The molecule has 9 heteroatoms. The lowest BCUT2D eigenvalue weighted by Crippen LogP contribution is -2.38. The number of nitrogens with zero attached hydrogens (tertiary/aromatic N) is 3. The molecule has 1 aliphatic rings. The Bertz CT molecular complexity index is 1120. The van der Waals surface area contributed by atoms with E-state index in [1.54, 1.807) is 16.8 Å². The van der Waals surface area contributed by atoms with Gasteiger partial charge in [0.25, 0.3) is 0 Å². The number of fused-ring (bicyclic) bond motifs is 1. The van der Waals surface area contributed by atoms with Gasteiger partial charge >= 0.3 is 0 Å². The molecule has 4 rings (SSSR count). The Balaban J connectivity index is 1.71. The number of hydrogen-bond acceptors (Lipinski definition) is 7. The standard InChI is InChI=1S/C23H29N7O2/c1-4-21(31)27-19-13-17(32-5-2)8-9-18(19)28-23-15(3)22(26-16-7-6-11-24-14-16)29-20-10-12-25-30(20)23/h4,8-10,12-13,16,24,28H,1,5-7,11,14H2,2-3H3,(H,26,29)(H,27,31). The lowest BCUT2D eigenvalue weighted by Gasteiger charge is -2.26. The second kappa shape index (κ2) is 9.69. The van der Waals surface area contributed by atoms with Gasteiger partial charge in [-0.1, -0.05) is 6.58 Å². The van der Waals surface area contributed by atoms with E-state index in [-0.39, 0.29) is 5.91 Å². The average Bonchev–Trinajstić information content (AvgIpc) is 3.27. The van der Waals surface area contributed by atoms with Gasteiger partial charge < -0.3 is 26.0 Å². The molecule has 0 radical (unpaired) electrons. The summed E-state index contributed by atoms with van der Waals surface area (Å²) in [5.74, 6) is 1.95. The van der Waals surface area contributed by atoms with Crippen molar-refractivity contribution in [1.29, 1.82) is 0 Å². The van der Waals surface area contributed by atoms with Crippen molar-refractivity contribution in [3.8, 4) is 5.75 Å². The molecule has 2 aromatic heterocycles. The molecule has 1 atom stereocenters. The highest BCUT2D eigenvalue weighted by Crippen LogP contribution is 2.33. The van der Waals surface area contributed by atoms with Crippen molar-refractivity contribution in [3.63, 3.8) is 0 Å². The van der Waals surface area contributed by atoms with E-state index in [0.29, 0.717) is 29.8 Å². The SMILES string of the molecule is C=CC(=O)Nc1cc(OCC)ccc1Nc1c(C)c(NC2CCCNC2)nc2ccnn12. The zero-order valence-corrected chi connectivity index (χ0v) is 18.4. The monoisotopic (exact) mass is 435 g/mol. The predicted molar refractivity (Wildman–Crippen MR) is 127 cm³/mol. The number of benzene rings is 1. The Morgan fingerprint density at radius 1 is 1.38 bits per heavy atom. The number of anilines is 4. The summed E-state index contributed by atoms with van der Waals surface area (Å²) >= 11 is 0. The lowest BCUT2D eigenvalue weighted by atomic mass is 10.1. The van der Waals surface area contributed by atoms with Crippen LogP contribution in [-0.4, -0.2) is 46.2 Å². The van der Waals surface area contributed by atoms with Crippen LogP contribution in [0.2, 0.25) is 0 Å². The molecular weight excluding hydrogens is 406 g/mol. The zero-order valence-electron chi connectivity index (χ0n) is 18.4. The van der Waals surface area contributed by atoms with Crippen molar-refractivity contribution in [1.82, 2.24) is 19.9 Å². The fourth-order valence-corrected chi connectivity index (χ4v) is 3.78. The summed E-state index contributed by atoms with van der Waals surface area (Å²) in [4.78, 5) is 16.8. The molecule has 0 spiro atoms. The van der Waals surface area contributed by atoms with E-state index in [4.69, 9.17) is 9.72 Å². The third-order valence-corrected chi connectivity index (χ3v) is 5.41. The van der Waals surface area contributed by atoms with Gasteiger partial charge in [-0.2, -0.15) is 9.61 Å². The van der Waals surface area contributed by atoms with Gasteiger partial charge in [-0.05, 0) is 51.4 Å². The van der Waals surface area contributed by atoms with Crippen LogP contribution in [0.1, 0.15) is 25.3 Å². The van der Waals surface area contributed by atoms with E-state index >= 15 is 0 Å². The smallest absolute Gasteiger partial charge is 0.247 e. The Morgan fingerprint density at radius 3 is 3.00 bits per heavy atom. The third kappa shape index (κ3) is 4.67. The van der Waals surface area contributed by atoms with Crippen molar-refractivity contribution in [2.24, 2.45) is 0 Å². The van der Waals surface area contributed by atoms with Crippen molar-refractivity contribution >= 4 is 34.6 Å². The molecule has 9 nitrogen and oxygen atoms in total. The Hall–Kier alpha value is -3.59. The minimum Gasteiger partial charge on any atom is -0.494 e. The molecule has 0 saturated carbocycles. The number of nitrogens with one attached hydrogen (secondary N) is 4. The van der Waals surface area contributed by atoms with E-state index in [1.807, 2.05) is 32.0 Å². The van der Waals surface area contributed by atoms with Gasteiger partial charge in [0, 0.05) is 30.3 Å². The highest BCUT2D eigenvalue weighted by Gasteiger charge is 2.19. The highest BCUT2D eigenvalue weighted by atomic mass is 16.5. The van der Waals surface area contributed by atoms with Crippen LogP contribution in [0.5, 0.6) is 5.75 Å². The largest absolute Gasteiger partial charge is 0.494 e. The zero-order chi connectivity index (χ0) is 22.5. The van der Waals surface area contributed by atoms with E-state index in [0.717, 1.165) is 48.8 Å². The maximum Gasteiger partial charge on any atom is 0.247 e. The van der Waals surface area contributed by atoms with E-state index in [1.165, 1.54) is 6.08 Å². The second-order valence-corrected chi connectivity index (χ2v) is 7.68. The summed E-state index contributed by atoms with van der Waals surface area (Å²) in [5.41, 5.74) is 2.96. The summed E-state index contributed by atoms with van der Waals surface area (Å²) in [7, 11) is 0. The maximum absolute atomic E-state index is 12.0. The van der Waals surface area contributed by atoms with Crippen molar-refractivity contribution in [3.05, 3.63) is 48.7 Å². The Morgan fingerprint density at radius 2 is 2.25 bits per heavy atom. The Labute approximate surface area is 187 Å². The topological polar surface area (TPSA) is 105 Å². The van der Waals surface area contributed by atoms with E-state index < -0.39 is 0 Å². The molecule has 1 aromatic carbocycles. The maximum atomic E-state index is 12.0. The third-order valence-electron chi connectivity index (χ3n) is 5.41. The first-order chi connectivity index (χ1) is 15.6. The number of carbonyl (C=O) groups is 1. The molecule has 1 unspecified atom stereocenters. The molecule has 32 heavy (non-hydrogen) atoms. The molecule has 168 valence electrons.